The number of amides is 2. The van der Waals surface area contributed by atoms with E-state index in [0.29, 0.717) is 0 Å². The van der Waals surface area contributed by atoms with Gasteiger partial charge in [-0.05, 0) is 29.8 Å². The summed E-state index contributed by atoms with van der Waals surface area (Å²) < 4.78 is 13.6. The Balaban J connectivity index is 2.25. The molecule has 2 rings (SSSR count). The zero-order chi connectivity index (χ0) is 14.0. The Morgan fingerprint density at radius 2 is 2.11 bits per heavy atom. The van der Waals surface area contributed by atoms with E-state index in [4.69, 9.17) is 17.3 Å². The third-order valence-electron chi connectivity index (χ3n) is 2.09. The molecule has 9 heteroatoms. The molecule has 0 unspecified atom stereocenters. The summed E-state index contributed by atoms with van der Waals surface area (Å²) in [6, 6.07) is 3.39. The Morgan fingerprint density at radius 3 is 2.68 bits per heavy atom. The standard InChI is InChI=1S/C10H6ClFN4O2S/c11-10-16-15-9(19-10)8(18)14-6-3-4(7(13)17)1-2-5(6)12/h1-3H,(H2,13,17)(H,14,18). The number of hydrogen-bond donors (Lipinski definition) is 2. The Bertz CT molecular complexity index is 661. The molecule has 0 radical (unpaired) electrons. The van der Waals surface area contributed by atoms with Crippen molar-refractivity contribution in [3.05, 3.63) is 39.1 Å². The van der Waals surface area contributed by atoms with E-state index in [2.05, 4.69) is 15.5 Å². The number of carbonyl (C=O) groups excluding carboxylic acids is 2. The fourth-order valence-electron chi connectivity index (χ4n) is 1.25. The number of nitrogens with zero attached hydrogens (tertiary/aromatic N) is 2. The molecule has 3 N–H and O–H groups in total. The van der Waals surface area contributed by atoms with Crippen molar-refractivity contribution in [2.24, 2.45) is 5.73 Å². The highest BCUT2D eigenvalue weighted by Gasteiger charge is 2.15. The molecule has 19 heavy (non-hydrogen) atoms. The second-order valence-electron chi connectivity index (χ2n) is 3.37. The van der Waals surface area contributed by atoms with E-state index in [9.17, 15) is 14.0 Å². The third kappa shape index (κ3) is 3.04. The Kier molecular flexibility index (Phi) is 3.72. The molecule has 2 amide bonds. The number of primary amides is 1. The van der Waals surface area contributed by atoms with Gasteiger partial charge in [0, 0.05) is 5.56 Å². The summed E-state index contributed by atoms with van der Waals surface area (Å²) in [6.07, 6.45) is 0. The van der Waals surface area contributed by atoms with Gasteiger partial charge in [-0.2, -0.15) is 0 Å². The van der Waals surface area contributed by atoms with Gasteiger partial charge in [-0.3, -0.25) is 9.59 Å². The molecular formula is C10H6ClFN4O2S. The highest BCUT2D eigenvalue weighted by atomic mass is 35.5. The molecule has 0 aliphatic rings. The van der Waals surface area contributed by atoms with Crippen LogP contribution < -0.4 is 11.1 Å². The maximum Gasteiger partial charge on any atom is 0.286 e. The van der Waals surface area contributed by atoms with E-state index in [1.807, 2.05) is 0 Å². The van der Waals surface area contributed by atoms with Crippen LogP contribution in [0.15, 0.2) is 18.2 Å². The van der Waals surface area contributed by atoms with Crippen LogP contribution in [0.1, 0.15) is 20.2 Å². The Morgan fingerprint density at radius 1 is 1.37 bits per heavy atom. The first kappa shape index (κ1) is 13.4. The normalized spacial score (nSPS) is 10.2. The molecule has 1 aromatic carbocycles. The van der Waals surface area contributed by atoms with Gasteiger partial charge in [0.25, 0.3) is 5.91 Å². The van der Waals surface area contributed by atoms with E-state index < -0.39 is 17.6 Å². The molecule has 98 valence electrons. The summed E-state index contributed by atoms with van der Waals surface area (Å²) >= 11 is 6.38. The lowest BCUT2D eigenvalue weighted by Crippen LogP contribution is -2.15. The van der Waals surface area contributed by atoms with Crippen LogP contribution >= 0.6 is 22.9 Å². The highest BCUT2D eigenvalue weighted by Crippen LogP contribution is 2.19. The van der Waals surface area contributed by atoms with Crippen molar-refractivity contribution in [1.82, 2.24) is 10.2 Å². The van der Waals surface area contributed by atoms with Crippen LogP contribution in [0.4, 0.5) is 10.1 Å². The first-order chi connectivity index (χ1) is 8.97. The average molecular weight is 301 g/mol. The maximum atomic E-state index is 13.5. The minimum atomic E-state index is -0.727. The van der Waals surface area contributed by atoms with Gasteiger partial charge in [0.1, 0.15) is 5.82 Å². The summed E-state index contributed by atoms with van der Waals surface area (Å²) in [7, 11) is 0. The number of nitrogens with one attached hydrogen (secondary N) is 1. The van der Waals surface area contributed by atoms with Gasteiger partial charge in [0.2, 0.25) is 15.4 Å². The van der Waals surface area contributed by atoms with Crippen molar-refractivity contribution >= 4 is 40.4 Å². The molecule has 0 saturated carbocycles. The first-order valence-corrected chi connectivity index (χ1v) is 6.06. The van der Waals surface area contributed by atoms with E-state index in [1.54, 1.807) is 0 Å². The largest absolute Gasteiger partial charge is 0.366 e. The first-order valence-electron chi connectivity index (χ1n) is 4.87. The number of rotatable bonds is 3. The number of hydrogen-bond acceptors (Lipinski definition) is 5. The smallest absolute Gasteiger partial charge is 0.286 e. The van der Waals surface area contributed by atoms with Gasteiger partial charge in [-0.15, -0.1) is 10.2 Å². The van der Waals surface area contributed by atoms with Gasteiger partial charge < -0.3 is 11.1 Å². The quantitative estimate of drug-likeness (QED) is 0.901. The lowest BCUT2D eigenvalue weighted by atomic mass is 10.2. The van der Waals surface area contributed by atoms with Crippen molar-refractivity contribution < 1.29 is 14.0 Å². The predicted molar refractivity (Wildman–Crippen MR) is 67.8 cm³/mol. The molecule has 0 aliphatic heterocycles. The number of nitrogens with two attached hydrogens (primary N) is 1. The van der Waals surface area contributed by atoms with Gasteiger partial charge in [-0.25, -0.2) is 4.39 Å². The van der Waals surface area contributed by atoms with Crippen LogP contribution in [-0.2, 0) is 0 Å². The van der Waals surface area contributed by atoms with Crippen LogP contribution in [0.3, 0.4) is 0 Å². The average Bonchev–Trinajstić information content (AvgIpc) is 2.78. The molecule has 2 aromatic rings. The van der Waals surface area contributed by atoms with Crippen molar-refractivity contribution in [3.63, 3.8) is 0 Å². The molecule has 0 aliphatic carbocycles. The summed E-state index contributed by atoms with van der Waals surface area (Å²) in [5.41, 5.74) is 4.97. The Hall–Kier alpha value is -2.06. The minimum absolute atomic E-state index is 0.0196. The van der Waals surface area contributed by atoms with E-state index in [1.165, 1.54) is 6.07 Å². The predicted octanol–water partition coefficient (Wildman–Crippen LogP) is 1.68. The summed E-state index contributed by atoms with van der Waals surface area (Å²) in [5, 5.41) is 9.21. The number of carbonyl (C=O) groups is 2. The van der Waals surface area contributed by atoms with Crippen molar-refractivity contribution in [2.45, 2.75) is 0 Å². The molecule has 0 spiro atoms. The monoisotopic (exact) mass is 300 g/mol. The molecule has 0 atom stereocenters. The van der Waals surface area contributed by atoms with Crippen LogP contribution in [0.5, 0.6) is 0 Å². The lowest BCUT2D eigenvalue weighted by Gasteiger charge is -2.05. The topological polar surface area (TPSA) is 98.0 Å². The van der Waals surface area contributed by atoms with E-state index >= 15 is 0 Å². The number of benzene rings is 1. The van der Waals surface area contributed by atoms with Gasteiger partial charge >= 0.3 is 0 Å². The van der Waals surface area contributed by atoms with E-state index in [0.717, 1.165) is 23.5 Å². The highest BCUT2D eigenvalue weighted by molar-refractivity contribution is 7.17. The molecule has 1 aromatic heterocycles. The maximum absolute atomic E-state index is 13.5. The van der Waals surface area contributed by atoms with Gasteiger partial charge in [-0.1, -0.05) is 11.3 Å². The molecule has 0 bridgehead atoms. The third-order valence-corrected chi connectivity index (χ3v) is 3.11. The molecular weight excluding hydrogens is 295 g/mol. The van der Waals surface area contributed by atoms with Crippen LogP contribution in [0.25, 0.3) is 0 Å². The molecule has 1 heterocycles. The Labute approximate surface area is 115 Å². The lowest BCUT2D eigenvalue weighted by molar-refractivity contribution is 0.0996. The minimum Gasteiger partial charge on any atom is -0.366 e. The van der Waals surface area contributed by atoms with Crippen LogP contribution in [-0.4, -0.2) is 22.0 Å². The number of anilines is 1. The van der Waals surface area contributed by atoms with Crippen molar-refractivity contribution in [3.8, 4) is 0 Å². The number of aromatic nitrogens is 2. The van der Waals surface area contributed by atoms with Crippen LogP contribution in [0.2, 0.25) is 4.47 Å². The van der Waals surface area contributed by atoms with Crippen molar-refractivity contribution in [1.29, 1.82) is 0 Å². The van der Waals surface area contributed by atoms with Gasteiger partial charge in [0.05, 0.1) is 5.69 Å². The molecule has 0 saturated heterocycles. The fraction of sp³-hybridized carbons (Fsp3) is 0. The summed E-state index contributed by atoms with van der Waals surface area (Å²) in [6.45, 7) is 0. The fourth-order valence-corrected chi connectivity index (χ4v) is 1.97. The van der Waals surface area contributed by atoms with E-state index in [-0.39, 0.29) is 20.7 Å². The van der Waals surface area contributed by atoms with Gasteiger partial charge in [0.15, 0.2) is 0 Å². The second kappa shape index (κ2) is 5.29. The SMILES string of the molecule is NC(=O)c1ccc(F)c(NC(=O)c2nnc(Cl)s2)c1. The van der Waals surface area contributed by atoms with Crippen molar-refractivity contribution in [2.75, 3.05) is 5.32 Å². The zero-order valence-corrected chi connectivity index (χ0v) is 10.8. The summed E-state index contributed by atoms with van der Waals surface area (Å²) in [4.78, 5) is 22.7. The van der Waals surface area contributed by atoms with Crippen LogP contribution in [0, 0.1) is 5.82 Å². The number of halogens is 2. The molecule has 6 nitrogen and oxygen atoms in total. The zero-order valence-electron chi connectivity index (χ0n) is 9.18. The molecule has 0 fully saturated rings. The summed E-state index contributed by atoms with van der Waals surface area (Å²) in [5.74, 6) is -2.10. The second-order valence-corrected chi connectivity index (χ2v) is 4.93.